The summed E-state index contributed by atoms with van der Waals surface area (Å²) in [5, 5.41) is 6.08. The van der Waals surface area contributed by atoms with Crippen LogP contribution in [0, 0.1) is 0 Å². The summed E-state index contributed by atoms with van der Waals surface area (Å²) in [6.45, 7) is 7.28. The minimum absolute atomic E-state index is 0.204. The summed E-state index contributed by atoms with van der Waals surface area (Å²) in [5.74, 6) is -0.449. The van der Waals surface area contributed by atoms with Gasteiger partial charge in [0.25, 0.3) is 0 Å². The molecule has 2 aromatic rings. The molecule has 0 bridgehead atoms. The summed E-state index contributed by atoms with van der Waals surface area (Å²) < 4.78 is 0. The zero-order chi connectivity index (χ0) is 18.8. The van der Waals surface area contributed by atoms with Crippen LogP contribution in [0.15, 0.2) is 61.7 Å². The highest BCUT2D eigenvalue weighted by atomic mass is 16.1. The summed E-state index contributed by atoms with van der Waals surface area (Å²) in [6, 6.07) is 10.1. The SMILES string of the molecule is C=CC(N)Nc1ccc2c(c1NC(N)C=C)C(=O)c1ccccc1C2=O. The second kappa shape index (κ2) is 6.95. The molecule has 0 saturated carbocycles. The van der Waals surface area contributed by atoms with E-state index in [2.05, 4.69) is 23.8 Å². The molecular formula is C20H20N4O2. The Labute approximate surface area is 151 Å². The van der Waals surface area contributed by atoms with Gasteiger partial charge in [0.15, 0.2) is 11.6 Å². The van der Waals surface area contributed by atoms with Gasteiger partial charge >= 0.3 is 0 Å². The van der Waals surface area contributed by atoms with Crippen LogP contribution in [0.2, 0.25) is 0 Å². The molecule has 3 rings (SSSR count). The Kier molecular flexibility index (Phi) is 4.71. The number of hydrogen-bond donors (Lipinski definition) is 4. The van der Waals surface area contributed by atoms with Crippen molar-refractivity contribution in [2.75, 3.05) is 10.6 Å². The van der Waals surface area contributed by atoms with Gasteiger partial charge in [0, 0.05) is 16.7 Å². The molecule has 6 heteroatoms. The average molecular weight is 348 g/mol. The fourth-order valence-electron chi connectivity index (χ4n) is 2.92. The summed E-state index contributed by atoms with van der Waals surface area (Å²) in [5.41, 5.74) is 14.2. The molecule has 0 heterocycles. The van der Waals surface area contributed by atoms with Crippen LogP contribution in [-0.2, 0) is 0 Å². The van der Waals surface area contributed by atoms with E-state index in [1.54, 1.807) is 36.4 Å². The van der Waals surface area contributed by atoms with Gasteiger partial charge in [-0.15, -0.1) is 0 Å². The fraction of sp³-hybridized carbons (Fsp3) is 0.100. The molecule has 0 fully saturated rings. The van der Waals surface area contributed by atoms with Crippen LogP contribution >= 0.6 is 0 Å². The minimum atomic E-state index is -0.609. The quantitative estimate of drug-likeness (QED) is 0.402. The van der Waals surface area contributed by atoms with Gasteiger partial charge in [0.2, 0.25) is 0 Å². The molecule has 0 spiro atoms. The molecule has 6 N–H and O–H groups in total. The Balaban J connectivity index is 2.22. The molecule has 132 valence electrons. The van der Waals surface area contributed by atoms with Gasteiger partial charge < -0.3 is 22.1 Å². The number of nitrogens with two attached hydrogens (primary N) is 2. The van der Waals surface area contributed by atoms with Crippen LogP contribution < -0.4 is 22.1 Å². The number of nitrogens with one attached hydrogen (secondary N) is 2. The molecular weight excluding hydrogens is 328 g/mol. The number of hydrogen-bond acceptors (Lipinski definition) is 6. The van der Waals surface area contributed by atoms with Crippen molar-refractivity contribution in [1.29, 1.82) is 0 Å². The van der Waals surface area contributed by atoms with Gasteiger partial charge in [-0.1, -0.05) is 49.6 Å². The molecule has 6 nitrogen and oxygen atoms in total. The Morgan fingerprint density at radius 3 is 2.00 bits per heavy atom. The van der Waals surface area contributed by atoms with Crippen LogP contribution in [0.5, 0.6) is 0 Å². The van der Waals surface area contributed by atoms with Crippen LogP contribution in [0.1, 0.15) is 31.8 Å². The Morgan fingerprint density at radius 1 is 0.808 bits per heavy atom. The van der Waals surface area contributed by atoms with Crippen molar-refractivity contribution in [3.63, 3.8) is 0 Å². The van der Waals surface area contributed by atoms with Crippen LogP contribution in [0.4, 0.5) is 11.4 Å². The van der Waals surface area contributed by atoms with Crippen molar-refractivity contribution in [3.05, 3.63) is 84.0 Å². The van der Waals surface area contributed by atoms with Gasteiger partial charge in [-0.25, -0.2) is 0 Å². The third kappa shape index (κ3) is 2.92. The highest BCUT2D eigenvalue weighted by molar-refractivity contribution is 6.30. The van der Waals surface area contributed by atoms with Crippen molar-refractivity contribution in [3.8, 4) is 0 Å². The zero-order valence-electron chi connectivity index (χ0n) is 14.2. The maximum atomic E-state index is 13.1. The monoisotopic (exact) mass is 348 g/mol. The molecule has 2 unspecified atom stereocenters. The van der Waals surface area contributed by atoms with Crippen LogP contribution in [-0.4, -0.2) is 23.9 Å². The lowest BCUT2D eigenvalue weighted by atomic mass is 9.82. The lowest BCUT2D eigenvalue weighted by Crippen LogP contribution is -2.32. The summed E-state index contributed by atoms with van der Waals surface area (Å²) in [4.78, 5) is 26.0. The van der Waals surface area contributed by atoms with Crippen LogP contribution in [0.25, 0.3) is 0 Å². The molecule has 2 aromatic carbocycles. The maximum Gasteiger partial charge on any atom is 0.196 e. The average Bonchev–Trinajstić information content (AvgIpc) is 2.66. The molecule has 0 aliphatic heterocycles. The summed E-state index contributed by atoms with van der Waals surface area (Å²) in [7, 11) is 0. The van der Waals surface area contributed by atoms with Crippen molar-refractivity contribution in [2.24, 2.45) is 11.5 Å². The molecule has 0 saturated heterocycles. The standard InChI is InChI=1S/C20H20N4O2/c1-3-15(21)23-14-10-9-13-17(18(14)24-16(22)4-2)20(26)12-8-6-5-7-11(12)19(13)25/h3-10,15-16,23-24H,1-2,21-22H2. The zero-order valence-corrected chi connectivity index (χ0v) is 14.2. The first-order chi connectivity index (χ1) is 12.5. The topological polar surface area (TPSA) is 110 Å². The molecule has 0 aromatic heterocycles. The number of rotatable bonds is 6. The predicted molar refractivity (Wildman–Crippen MR) is 103 cm³/mol. The van der Waals surface area contributed by atoms with Gasteiger partial charge in [-0.2, -0.15) is 0 Å². The molecule has 26 heavy (non-hydrogen) atoms. The van der Waals surface area contributed by atoms with E-state index in [9.17, 15) is 9.59 Å². The first-order valence-electron chi connectivity index (χ1n) is 8.12. The van der Waals surface area contributed by atoms with Crippen molar-refractivity contribution < 1.29 is 9.59 Å². The number of benzene rings is 2. The minimum Gasteiger partial charge on any atom is -0.365 e. The second-order valence-electron chi connectivity index (χ2n) is 5.93. The van der Waals surface area contributed by atoms with E-state index < -0.39 is 12.3 Å². The molecule has 1 aliphatic rings. The Hall–Kier alpha value is -3.22. The van der Waals surface area contributed by atoms with Crippen LogP contribution in [0.3, 0.4) is 0 Å². The van der Waals surface area contributed by atoms with Gasteiger partial charge in [0.1, 0.15) is 0 Å². The molecule has 0 amide bonds. The van der Waals surface area contributed by atoms with Crippen molar-refractivity contribution in [1.82, 2.24) is 0 Å². The highest BCUT2D eigenvalue weighted by Crippen LogP contribution is 2.37. The van der Waals surface area contributed by atoms with Gasteiger partial charge in [-0.05, 0) is 12.1 Å². The second-order valence-corrected chi connectivity index (χ2v) is 5.93. The van der Waals surface area contributed by atoms with Crippen molar-refractivity contribution >= 4 is 22.9 Å². The van der Waals surface area contributed by atoms with Gasteiger partial charge in [-0.3, -0.25) is 9.59 Å². The molecule has 2 atom stereocenters. The van der Waals surface area contributed by atoms with Gasteiger partial charge in [0.05, 0.1) is 29.3 Å². The third-order valence-electron chi connectivity index (χ3n) is 4.23. The third-order valence-corrected chi connectivity index (χ3v) is 4.23. The van der Waals surface area contributed by atoms with E-state index in [0.29, 0.717) is 28.1 Å². The number of fused-ring (bicyclic) bond motifs is 2. The number of carbonyl (C=O) groups excluding carboxylic acids is 2. The lowest BCUT2D eigenvalue weighted by molar-refractivity contribution is 0.0979. The molecule has 1 aliphatic carbocycles. The number of carbonyl (C=O) groups is 2. The Morgan fingerprint density at radius 2 is 1.38 bits per heavy atom. The summed E-state index contributed by atoms with van der Waals surface area (Å²) >= 11 is 0. The number of anilines is 2. The fourth-order valence-corrected chi connectivity index (χ4v) is 2.92. The van der Waals surface area contributed by atoms with E-state index >= 15 is 0 Å². The predicted octanol–water partition coefficient (Wildman–Crippen LogP) is 2.23. The molecule has 0 radical (unpaired) electrons. The number of ketones is 2. The van der Waals surface area contributed by atoms with E-state index in [4.69, 9.17) is 11.5 Å². The maximum absolute atomic E-state index is 13.1. The highest BCUT2D eigenvalue weighted by Gasteiger charge is 2.33. The van der Waals surface area contributed by atoms with E-state index in [1.807, 2.05) is 0 Å². The Bertz CT molecular complexity index is 920. The normalized spacial score (nSPS) is 14.7. The van der Waals surface area contributed by atoms with E-state index in [1.165, 1.54) is 12.2 Å². The first-order valence-corrected chi connectivity index (χ1v) is 8.12. The lowest BCUT2D eigenvalue weighted by Gasteiger charge is -2.25. The smallest absolute Gasteiger partial charge is 0.196 e. The van der Waals surface area contributed by atoms with Crippen molar-refractivity contribution in [2.45, 2.75) is 12.3 Å². The summed E-state index contributed by atoms with van der Waals surface area (Å²) in [6.07, 6.45) is 1.89. The first kappa shape index (κ1) is 17.6. The van der Waals surface area contributed by atoms with E-state index in [0.717, 1.165) is 0 Å². The largest absolute Gasteiger partial charge is 0.365 e. The van der Waals surface area contributed by atoms with E-state index in [-0.39, 0.29) is 17.1 Å².